The zero-order chi connectivity index (χ0) is 27.9. The Morgan fingerprint density at radius 3 is 1.32 bits per heavy atom. The minimum atomic E-state index is -0.769. The molecule has 0 heterocycles. The summed E-state index contributed by atoms with van der Waals surface area (Å²) in [6.45, 7) is 3.45. The molecule has 0 radical (unpaired) electrons. The SMILES string of the molecule is C[C@H](COC(=O)/C=C/C(=O)OC[C@@H](C)N(C)C(=O)OCc1ccccc1)N(C)C(=O)OCc1ccccc1. The minimum Gasteiger partial charge on any atom is -0.460 e. The molecule has 0 bridgehead atoms. The molecule has 0 fully saturated rings. The molecule has 0 saturated carbocycles. The Morgan fingerprint density at radius 2 is 0.974 bits per heavy atom. The molecule has 10 heteroatoms. The van der Waals surface area contributed by atoms with Gasteiger partial charge in [-0.15, -0.1) is 0 Å². The van der Waals surface area contributed by atoms with E-state index in [1.165, 1.54) is 23.9 Å². The highest BCUT2D eigenvalue weighted by atomic mass is 16.6. The van der Waals surface area contributed by atoms with Crippen LogP contribution in [0.2, 0.25) is 0 Å². The van der Waals surface area contributed by atoms with Gasteiger partial charge in [-0.3, -0.25) is 0 Å². The molecule has 10 nitrogen and oxygen atoms in total. The maximum Gasteiger partial charge on any atom is 0.410 e. The Morgan fingerprint density at radius 1 is 0.632 bits per heavy atom. The molecule has 0 saturated heterocycles. The molecule has 204 valence electrons. The van der Waals surface area contributed by atoms with Gasteiger partial charge in [-0.1, -0.05) is 60.7 Å². The lowest BCUT2D eigenvalue weighted by Gasteiger charge is -2.24. The van der Waals surface area contributed by atoms with Gasteiger partial charge in [0.05, 0.1) is 12.1 Å². The second kappa shape index (κ2) is 15.7. The van der Waals surface area contributed by atoms with E-state index in [9.17, 15) is 19.2 Å². The highest BCUT2D eigenvalue weighted by Gasteiger charge is 2.20. The number of hydrogen-bond donors (Lipinski definition) is 0. The van der Waals surface area contributed by atoms with E-state index in [2.05, 4.69) is 0 Å². The van der Waals surface area contributed by atoms with E-state index in [4.69, 9.17) is 18.9 Å². The Balaban J connectivity index is 1.65. The number of carbonyl (C=O) groups excluding carboxylic acids is 4. The van der Waals surface area contributed by atoms with Crippen LogP contribution in [0.25, 0.3) is 0 Å². The summed E-state index contributed by atoms with van der Waals surface area (Å²) in [4.78, 5) is 50.9. The quantitative estimate of drug-likeness (QED) is 0.232. The van der Waals surface area contributed by atoms with Gasteiger partial charge >= 0.3 is 24.1 Å². The summed E-state index contributed by atoms with van der Waals surface area (Å²) in [5.74, 6) is -1.54. The standard InChI is InChI=1S/C28H34N2O8/c1-21(29(3)27(33)37-19-23-11-7-5-8-12-23)17-35-25(31)15-16-26(32)36-18-22(2)30(4)28(34)38-20-24-13-9-6-10-14-24/h5-16,21-22H,17-20H2,1-4H3/b16-15+/t21-,22-/m1/s1. The fourth-order valence-electron chi connectivity index (χ4n) is 2.86. The molecule has 0 aromatic heterocycles. The second-order valence-corrected chi connectivity index (χ2v) is 8.59. The van der Waals surface area contributed by atoms with Gasteiger partial charge < -0.3 is 28.7 Å². The van der Waals surface area contributed by atoms with Crippen LogP contribution in [0.4, 0.5) is 9.59 Å². The van der Waals surface area contributed by atoms with Crippen LogP contribution in [0.1, 0.15) is 25.0 Å². The van der Waals surface area contributed by atoms with Gasteiger partial charge in [-0.05, 0) is 25.0 Å². The van der Waals surface area contributed by atoms with Gasteiger partial charge in [0.1, 0.15) is 26.4 Å². The van der Waals surface area contributed by atoms with Crippen molar-refractivity contribution >= 4 is 24.1 Å². The lowest BCUT2D eigenvalue weighted by molar-refractivity contribution is -0.141. The van der Waals surface area contributed by atoms with Crippen molar-refractivity contribution in [2.45, 2.75) is 39.1 Å². The maximum atomic E-state index is 12.2. The number of carbonyl (C=O) groups is 4. The van der Waals surface area contributed by atoms with Crippen molar-refractivity contribution in [2.24, 2.45) is 0 Å². The van der Waals surface area contributed by atoms with Gasteiger partial charge in [0.2, 0.25) is 0 Å². The number of hydrogen-bond acceptors (Lipinski definition) is 8. The summed E-state index contributed by atoms with van der Waals surface area (Å²) in [5, 5.41) is 0. The molecule has 2 aromatic rings. The van der Waals surface area contributed by atoms with Crippen LogP contribution < -0.4 is 0 Å². The van der Waals surface area contributed by atoms with Crippen LogP contribution in [-0.2, 0) is 41.8 Å². The molecule has 0 unspecified atom stereocenters. The number of amides is 2. The molecule has 2 atom stereocenters. The van der Waals surface area contributed by atoms with E-state index in [1.807, 2.05) is 60.7 Å². The predicted molar refractivity (Wildman–Crippen MR) is 139 cm³/mol. The third-order valence-electron chi connectivity index (χ3n) is 5.60. The molecule has 2 rings (SSSR count). The van der Waals surface area contributed by atoms with Crippen molar-refractivity contribution in [2.75, 3.05) is 27.3 Å². The number of nitrogens with zero attached hydrogens (tertiary/aromatic N) is 2. The van der Waals surface area contributed by atoms with Crippen molar-refractivity contribution < 1.29 is 38.1 Å². The van der Waals surface area contributed by atoms with Crippen molar-refractivity contribution in [3.63, 3.8) is 0 Å². The largest absolute Gasteiger partial charge is 0.460 e. The Hall–Kier alpha value is -4.34. The van der Waals surface area contributed by atoms with Crippen LogP contribution in [-0.4, -0.2) is 73.3 Å². The third-order valence-corrected chi connectivity index (χ3v) is 5.60. The Kier molecular flexibility index (Phi) is 12.4. The molecule has 0 aliphatic heterocycles. The van der Waals surface area contributed by atoms with Gasteiger partial charge in [-0.2, -0.15) is 0 Å². The highest BCUT2D eigenvalue weighted by Crippen LogP contribution is 2.07. The summed E-state index contributed by atoms with van der Waals surface area (Å²) in [7, 11) is 3.07. The average molecular weight is 527 g/mol. The van der Waals surface area contributed by atoms with Gasteiger partial charge in [0, 0.05) is 26.2 Å². The Labute approximate surface area is 222 Å². The summed E-state index contributed by atoms with van der Waals surface area (Å²) < 4.78 is 20.7. The van der Waals surface area contributed by atoms with E-state index in [0.29, 0.717) is 0 Å². The fourth-order valence-corrected chi connectivity index (χ4v) is 2.86. The van der Waals surface area contributed by atoms with Crippen molar-refractivity contribution in [3.05, 3.63) is 83.9 Å². The lowest BCUT2D eigenvalue weighted by Crippen LogP contribution is -2.38. The van der Waals surface area contributed by atoms with Gasteiger partial charge in [0.15, 0.2) is 0 Å². The summed E-state index contributed by atoms with van der Waals surface area (Å²) in [6, 6.07) is 17.6. The van der Waals surface area contributed by atoms with E-state index in [0.717, 1.165) is 23.3 Å². The highest BCUT2D eigenvalue weighted by molar-refractivity contribution is 5.91. The number of ether oxygens (including phenoxy) is 4. The molecule has 0 aliphatic rings. The molecule has 2 amide bonds. The van der Waals surface area contributed by atoms with Crippen molar-refractivity contribution in [3.8, 4) is 0 Å². The smallest absolute Gasteiger partial charge is 0.410 e. The topological polar surface area (TPSA) is 112 Å². The van der Waals surface area contributed by atoms with E-state index in [-0.39, 0.29) is 26.4 Å². The lowest BCUT2D eigenvalue weighted by atomic mass is 10.2. The first-order valence-electron chi connectivity index (χ1n) is 12.1. The normalized spacial score (nSPS) is 12.2. The predicted octanol–water partition coefficient (Wildman–Crippen LogP) is 3.94. The maximum absolute atomic E-state index is 12.2. The first kappa shape index (κ1) is 29.9. The van der Waals surface area contributed by atoms with Gasteiger partial charge in [-0.25, -0.2) is 19.2 Å². The van der Waals surface area contributed by atoms with Crippen LogP contribution in [0.5, 0.6) is 0 Å². The number of rotatable bonds is 12. The molecule has 0 N–H and O–H groups in total. The zero-order valence-electron chi connectivity index (χ0n) is 22.1. The molecular weight excluding hydrogens is 492 g/mol. The number of benzene rings is 2. The second-order valence-electron chi connectivity index (χ2n) is 8.59. The Bertz CT molecular complexity index is 989. The number of likely N-dealkylation sites (N-methyl/N-ethyl adjacent to an activating group) is 2. The minimum absolute atomic E-state index is 0.0952. The molecular formula is C28H34N2O8. The monoisotopic (exact) mass is 526 g/mol. The van der Waals surface area contributed by atoms with Crippen LogP contribution >= 0.6 is 0 Å². The molecule has 0 spiro atoms. The van der Waals surface area contributed by atoms with Crippen LogP contribution in [0.15, 0.2) is 72.8 Å². The third kappa shape index (κ3) is 10.7. The van der Waals surface area contributed by atoms with Crippen molar-refractivity contribution in [1.29, 1.82) is 0 Å². The zero-order valence-corrected chi connectivity index (χ0v) is 22.1. The average Bonchev–Trinajstić information content (AvgIpc) is 2.95. The van der Waals surface area contributed by atoms with E-state index < -0.39 is 36.2 Å². The number of esters is 2. The summed E-state index contributed by atoms with van der Waals surface area (Å²) in [5.41, 5.74) is 1.71. The van der Waals surface area contributed by atoms with E-state index in [1.54, 1.807) is 13.8 Å². The molecule has 0 aliphatic carbocycles. The first-order chi connectivity index (χ1) is 18.2. The summed E-state index contributed by atoms with van der Waals surface area (Å²) in [6.07, 6.45) is 0.760. The van der Waals surface area contributed by atoms with Crippen LogP contribution in [0, 0.1) is 0 Å². The van der Waals surface area contributed by atoms with Gasteiger partial charge in [0.25, 0.3) is 0 Å². The van der Waals surface area contributed by atoms with Crippen LogP contribution in [0.3, 0.4) is 0 Å². The van der Waals surface area contributed by atoms with Crippen molar-refractivity contribution in [1.82, 2.24) is 9.80 Å². The fraction of sp³-hybridized carbons (Fsp3) is 0.357. The summed E-state index contributed by atoms with van der Waals surface area (Å²) >= 11 is 0. The first-order valence-corrected chi connectivity index (χ1v) is 12.1. The molecule has 38 heavy (non-hydrogen) atoms. The molecule has 2 aromatic carbocycles. The van der Waals surface area contributed by atoms with E-state index >= 15 is 0 Å².